The van der Waals surface area contributed by atoms with E-state index < -0.39 is 0 Å². The molecule has 21 heavy (non-hydrogen) atoms. The highest BCUT2D eigenvalue weighted by atomic mass is 79.9. The maximum Gasteiger partial charge on any atom is 0.0665 e. The van der Waals surface area contributed by atoms with E-state index in [1.807, 2.05) is 12.1 Å². The zero-order valence-electron chi connectivity index (χ0n) is 11.4. The van der Waals surface area contributed by atoms with Gasteiger partial charge >= 0.3 is 0 Å². The molecule has 3 heteroatoms. The largest absolute Gasteiger partial charge is 0.0827 e. The maximum absolute atomic E-state index is 6.36. The van der Waals surface area contributed by atoms with Gasteiger partial charge in [-0.3, -0.25) is 0 Å². The molecule has 0 saturated carbocycles. The number of aryl methyl sites for hydroxylation is 1. The lowest BCUT2D eigenvalue weighted by Gasteiger charge is -2.16. The molecule has 0 heterocycles. The third-order valence-electron chi connectivity index (χ3n) is 3.70. The van der Waals surface area contributed by atoms with E-state index in [9.17, 15) is 0 Å². The molecule has 3 aromatic carbocycles. The van der Waals surface area contributed by atoms with Gasteiger partial charge in [0.1, 0.15) is 0 Å². The highest BCUT2D eigenvalue weighted by Crippen LogP contribution is 2.41. The Bertz CT molecular complexity index is 811. The zero-order valence-corrected chi connectivity index (χ0v) is 14.5. The lowest BCUT2D eigenvalue weighted by molar-refractivity contribution is 1.19. The minimum absolute atomic E-state index is 0.00852. The van der Waals surface area contributed by atoms with Gasteiger partial charge in [-0.05, 0) is 40.5 Å². The van der Waals surface area contributed by atoms with Gasteiger partial charge in [0, 0.05) is 0 Å². The molecule has 3 rings (SSSR count). The van der Waals surface area contributed by atoms with E-state index in [1.165, 1.54) is 21.9 Å². The van der Waals surface area contributed by atoms with Crippen molar-refractivity contribution < 1.29 is 0 Å². The van der Waals surface area contributed by atoms with E-state index in [0.29, 0.717) is 10.0 Å². The predicted octanol–water partition coefficient (Wildman–Crippen LogP) is 6.94. The highest BCUT2D eigenvalue weighted by molar-refractivity contribution is 9.09. The molecule has 0 fully saturated rings. The van der Waals surface area contributed by atoms with Crippen LogP contribution in [0.5, 0.6) is 0 Å². The Morgan fingerprint density at radius 2 is 1.52 bits per heavy atom. The van der Waals surface area contributed by atoms with Crippen molar-refractivity contribution in [2.24, 2.45) is 0 Å². The van der Waals surface area contributed by atoms with Gasteiger partial charge in [-0.15, -0.1) is 0 Å². The minimum Gasteiger partial charge on any atom is -0.0827 e. The number of alkyl halides is 1. The van der Waals surface area contributed by atoms with Crippen LogP contribution in [-0.4, -0.2) is 0 Å². The van der Waals surface area contributed by atoms with Crippen molar-refractivity contribution in [3.63, 3.8) is 0 Å². The van der Waals surface area contributed by atoms with Crippen LogP contribution in [0.25, 0.3) is 10.8 Å². The second-order valence-corrected chi connectivity index (χ2v) is 6.72. The fourth-order valence-corrected chi connectivity index (χ4v) is 3.91. The highest BCUT2D eigenvalue weighted by Gasteiger charge is 2.18. The summed E-state index contributed by atoms with van der Waals surface area (Å²) in [7, 11) is 0. The van der Waals surface area contributed by atoms with Crippen LogP contribution in [0.3, 0.4) is 0 Å². The zero-order chi connectivity index (χ0) is 15.0. The van der Waals surface area contributed by atoms with Crippen molar-refractivity contribution in [2.75, 3.05) is 0 Å². The Morgan fingerprint density at radius 3 is 2.29 bits per heavy atom. The molecule has 1 atom stereocenters. The van der Waals surface area contributed by atoms with Crippen molar-refractivity contribution in [2.45, 2.75) is 11.8 Å². The number of halogens is 3. The van der Waals surface area contributed by atoms with Gasteiger partial charge < -0.3 is 0 Å². The number of hydrogen-bond acceptors (Lipinski definition) is 0. The fraction of sp³-hybridized carbons (Fsp3) is 0.111. The average molecular weight is 380 g/mol. The summed E-state index contributed by atoms with van der Waals surface area (Å²) in [6.45, 7) is 2.13. The van der Waals surface area contributed by atoms with Crippen LogP contribution in [0.4, 0.5) is 0 Å². The quantitative estimate of drug-likeness (QED) is 0.423. The van der Waals surface area contributed by atoms with Crippen LogP contribution >= 0.6 is 39.1 Å². The van der Waals surface area contributed by atoms with Crippen molar-refractivity contribution in [1.29, 1.82) is 0 Å². The SMILES string of the molecule is Cc1ccc(C(Br)c2cccc(Cl)c2Cl)c2ccccc12. The van der Waals surface area contributed by atoms with E-state index in [2.05, 4.69) is 59.3 Å². The molecule has 3 aromatic rings. The van der Waals surface area contributed by atoms with Crippen LogP contribution in [0.15, 0.2) is 54.6 Å². The predicted molar refractivity (Wildman–Crippen MR) is 95.9 cm³/mol. The summed E-state index contributed by atoms with van der Waals surface area (Å²) in [6, 6.07) is 18.4. The summed E-state index contributed by atoms with van der Waals surface area (Å²) in [5.41, 5.74) is 3.45. The van der Waals surface area contributed by atoms with Gasteiger partial charge in [-0.2, -0.15) is 0 Å². The second kappa shape index (κ2) is 6.00. The van der Waals surface area contributed by atoms with Gasteiger partial charge in [0.2, 0.25) is 0 Å². The Balaban J connectivity index is 2.21. The Labute approximate surface area is 142 Å². The first-order chi connectivity index (χ1) is 10.1. The van der Waals surface area contributed by atoms with Gasteiger partial charge in [-0.1, -0.05) is 87.7 Å². The topological polar surface area (TPSA) is 0 Å². The second-order valence-electron chi connectivity index (χ2n) is 5.02. The molecule has 0 aliphatic rings. The molecule has 106 valence electrons. The molecule has 0 nitrogen and oxygen atoms in total. The molecule has 0 spiro atoms. The van der Waals surface area contributed by atoms with E-state index >= 15 is 0 Å². The van der Waals surface area contributed by atoms with Crippen molar-refractivity contribution >= 4 is 49.9 Å². The van der Waals surface area contributed by atoms with E-state index in [4.69, 9.17) is 23.2 Å². The molecule has 0 amide bonds. The first-order valence-electron chi connectivity index (χ1n) is 6.66. The molecular formula is C18H13BrCl2. The van der Waals surface area contributed by atoms with Crippen molar-refractivity contribution in [1.82, 2.24) is 0 Å². The fourth-order valence-electron chi connectivity index (χ4n) is 2.58. The number of fused-ring (bicyclic) bond motifs is 1. The molecule has 0 aromatic heterocycles. The van der Waals surface area contributed by atoms with E-state index in [1.54, 1.807) is 6.07 Å². The third-order valence-corrected chi connectivity index (χ3v) is 5.52. The number of hydrogen-bond donors (Lipinski definition) is 0. The minimum atomic E-state index is 0.00852. The molecular weight excluding hydrogens is 367 g/mol. The standard InChI is InChI=1S/C18H13BrCl2/c1-11-9-10-14(13-6-3-2-5-12(11)13)17(19)15-7-4-8-16(20)18(15)21/h2-10,17H,1H3. The van der Waals surface area contributed by atoms with Crippen LogP contribution < -0.4 is 0 Å². The smallest absolute Gasteiger partial charge is 0.0665 e. The average Bonchev–Trinajstić information content (AvgIpc) is 2.50. The van der Waals surface area contributed by atoms with Crippen LogP contribution in [0.2, 0.25) is 10.0 Å². The maximum atomic E-state index is 6.36. The summed E-state index contributed by atoms with van der Waals surface area (Å²) in [5, 5.41) is 3.67. The van der Waals surface area contributed by atoms with Crippen LogP contribution in [0.1, 0.15) is 21.5 Å². The molecule has 0 saturated heterocycles. The molecule has 1 unspecified atom stereocenters. The summed E-state index contributed by atoms with van der Waals surface area (Å²) < 4.78 is 0. The molecule has 0 bridgehead atoms. The van der Waals surface area contributed by atoms with Crippen LogP contribution in [-0.2, 0) is 0 Å². The normalized spacial score (nSPS) is 12.6. The van der Waals surface area contributed by atoms with Crippen molar-refractivity contribution in [3.05, 3.63) is 81.3 Å². The first-order valence-corrected chi connectivity index (χ1v) is 8.33. The summed E-state index contributed by atoms with van der Waals surface area (Å²) in [5.74, 6) is 0. The third kappa shape index (κ3) is 2.70. The van der Waals surface area contributed by atoms with Gasteiger partial charge in [0.05, 0.1) is 14.9 Å². The summed E-state index contributed by atoms with van der Waals surface area (Å²) in [4.78, 5) is 0.00852. The Kier molecular flexibility index (Phi) is 4.26. The lowest BCUT2D eigenvalue weighted by Crippen LogP contribution is -1.96. The molecule has 0 aliphatic carbocycles. The van der Waals surface area contributed by atoms with Crippen molar-refractivity contribution in [3.8, 4) is 0 Å². The van der Waals surface area contributed by atoms with Gasteiger partial charge in [0.15, 0.2) is 0 Å². The van der Waals surface area contributed by atoms with E-state index in [-0.39, 0.29) is 4.83 Å². The number of benzene rings is 3. The van der Waals surface area contributed by atoms with E-state index in [0.717, 1.165) is 5.56 Å². The lowest BCUT2D eigenvalue weighted by atomic mass is 9.96. The molecule has 0 aliphatic heterocycles. The summed E-state index contributed by atoms with van der Waals surface area (Å²) >= 11 is 16.3. The number of rotatable bonds is 2. The summed E-state index contributed by atoms with van der Waals surface area (Å²) in [6.07, 6.45) is 0. The van der Waals surface area contributed by atoms with Crippen LogP contribution in [0, 0.1) is 6.92 Å². The van der Waals surface area contributed by atoms with Gasteiger partial charge in [-0.25, -0.2) is 0 Å². The van der Waals surface area contributed by atoms with Gasteiger partial charge in [0.25, 0.3) is 0 Å². The molecule has 0 radical (unpaired) electrons. The Morgan fingerprint density at radius 1 is 0.810 bits per heavy atom. The first kappa shape index (κ1) is 14.9. The monoisotopic (exact) mass is 378 g/mol. The molecule has 0 N–H and O–H groups in total. The Hall–Kier alpha value is -1.02.